The molecule has 0 aromatic heterocycles. The third kappa shape index (κ3) is 2.93. The van der Waals surface area contributed by atoms with Crippen LogP contribution in [0.3, 0.4) is 0 Å². The Bertz CT molecular complexity index is 419. The molecule has 0 bridgehead atoms. The van der Waals surface area contributed by atoms with Gasteiger partial charge in [-0.25, -0.2) is 0 Å². The molecule has 0 amide bonds. The molecule has 0 radical (unpaired) electrons. The first-order valence-electron chi connectivity index (χ1n) is 7.08. The zero-order valence-corrected chi connectivity index (χ0v) is 12.2. The van der Waals surface area contributed by atoms with Gasteiger partial charge >= 0.3 is 0 Å². The minimum absolute atomic E-state index is 0.249. The van der Waals surface area contributed by atoms with Gasteiger partial charge in [-0.15, -0.1) is 0 Å². The zero-order valence-electron chi connectivity index (χ0n) is 12.2. The molecule has 1 aromatic carbocycles. The largest absolute Gasteiger partial charge is 0.508 e. The summed E-state index contributed by atoms with van der Waals surface area (Å²) in [4.78, 5) is 2.23. The van der Waals surface area contributed by atoms with Crippen LogP contribution < -0.4 is 0 Å². The summed E-state index contributed by atoms with van der Waals surface area (Å²) in [5.41, 5.74) is 0.864. The molecule has 1 N–H and O–H groups in total. The van der Waals surface area contributed by atoms with Gasteiger partial charge in [0.15, 0.2) is 0 Å². The Labute approximate surface area is 116 Å². The first kappa shape index (κ1) is 14.4. The van der Waals surface area contributed by atoms with Crippen LogP contribution in [0, 0.1) is 5.92 Å². The lowest BCUT2D eigenvalue weighted by Crippen LogP contribution is -2.44. The van der Waals surface area contributed by atoms with Gasteiger partial charge in [-0.05, 0) is 44.6 Å². The lowest BCUT2D eigenvalue weighted by Gasteiger charge is -2.44. The van der Waals surface area contributed by atoms with Crippen molar-refractivity contribution in [2.75, 3.05) is 27.7 Å². The summed E-state index contributed by atoms with van der Waals surface area (Å²) < 4.78 is 6.00. The number of aromatic hydroxyl groups is 1. The van der Waals surface area contributed by atoms with Crippen LogP contribution in [0.5, 0.6) is 5.75 Å². The number of phenolic OH excluding ortho intramolecular Hbond substituents is 1. The van der Waals surface area contributed by atoms with Crippen molar-refractivity contribution in [1.82, 2.24) is 4.90 Å². The van der Waals surface area contributed by atoms with Gasteiger partial charge in [-0.3, -0.25) is 0 Å². The van der Waals surface area contributed by atoms with Crippen molar-refractivity contribution >= 4 is 0 Å². The second kappa shape index (κ2) is 5.93. The fraction of sp³-hybridized carbons (Fsp3) is 0.625. The maximum Gasteiger partial charge on any atom is 0.115 e. The van der Waals surface area contributed by atoms with Crippen LogP contribution in [0.2, 0.25) is 0 Å². The normalized spacial score (nSPS) is 27.7. The van der Waals surface area contributed by atoms with E-state index in [9.17, 15) is 5.11 Å². The molecule has 1 aromatic rings. The summed E-state index contributed by atoms with van der Waals surface area (Å²) in [5.74, 6) is 0.797. The van der Waals surface area contributed by atoms with E-state index in [1.165, 1.54) is 19.3 Å². The Balaban J connectivity index is 2.37. The van der Waals surface area contributed by atoms with Gasteiger partial charge in [-0.1, -0.05) is 25.0 Å². The van der Waals surface area contributed by atoms with Crippen LogP contribution in [0.4, 0.5) is 0 Å². The van der Waals surface area contributed by atoms with Crippen molar-refractivity contribution in [2.45, 2.75) is 31.3 Å². The van der Waals surface area contributed by atoms with Crippen LogP contribution in [-0.2, 0) is 10.3 Å². The summed E-state index contributed by atoms with van der Waals surface area (Å²) in [5, 5.41) is 9.76. The van der Waals surface area contributed by atoms with Crippen LogP contribution in [0.25, 0.3) is 0 Å². The Kier molecular flexibility index (Phi) is 4.48. The molecule has 0 saturated heterocycles. The maximum atomic E-state index is 9.76. The van der Waals surface area contributed by atoms with Gasteiger partial charge in [0.25, 0.3) is 0 Å². The predicted octanol–water partition coefficient (Wildman–Crippen LogP) is 2.99. The second-order valence-electron chi connectivity index (χ2n) is 5.85. The first-order chi connectivity index (χ1) is 9.08. The smallest absolute Gasteiger partial charge is 0.115 e. The Hall–Kier alpha value is -1.06. The molecule has 0 aliphatic heterocycles. The minimum atomic E-state index is -0.249. The van der Waals surface area contributed by atoms with Gasteiger partial charge < -0.3 is 14.7 Å². The standard InChI is InChI=1S/C16H25NO2/c1-17(2)12-14-7-4-5-10-16(14,19-3)13-8-6-9-15(18)11-13/h6,8-9,11,14,18H,4-5,7,10,12H2,1-3H3/t14-,16+/m0/s1. The molecule has 2 rings (SSSR count). The van der Waals surface area contributed by atoms with E-state index >= 15 is 0 Å². The van der Waals surface area contributed by atoms with E-state index < -0.39 is 0 Å². The van der Waals surface area contributed by atoms with Crippen molar-refractivity contribution in [3.63, 3.8) is 0 Å². The molecule has 1 aliphatic rings. The van der Waals surface area contributed by atoms with Crippen LogP contribution in [0.15, 0.2) is 24.3 Å². The lowest BCUT2D eigenvalue weighted by molar-refractivity contribution is -0.0952. The van der Waals surface area contributed by atoms with Crippen LogP contribution in [0.1, 0.15) is 31.2 Å². The molecule has 19 heavy (non-hydrogen) atoms. The number of nitrogens with zero attached hydrogens (tertiary/aromatic N) is 1. The van der Waals surface area contributed by atoms with E-state index in [0.717, 1.165) is 18.5 Å². The van der Waals surface area contributed by atoms with Crippen molar-refractivity contribution in [1.29, 1.82) is 0 Å². The Morgan fingerprint density at radius 1 is 1.37 bits per heavy atom. The predicted molar refractivity (Wildman–Crippen MR) is 77.3 cm³/mol. The third-order valence-electron chi connectivity index (χ3n) is 4.29. The topological polar surface area (TPSA) is 32.7 Å². The lowest BCUT2D eigenvalue weighted by atomic mass is 9.71. The molecule has 2 atom stereocenters. The van der Waals surface area contributed by atoms with Gasteiger partial charge in [0.05, 0.1) is 5.60 Å². The number of hydrogen-bond donors (Lipinski definition) is 1. The molecule has 3 nitrogen and oxygen atoms in total. The molecule has 1 saturated carbocycles. The number of ether oxygens (including phenoxy) is 1. The quantitative estimate of drug-likeness (QED) is 0.906. The van der Waals surface area contributed by atoms with E-state index in [2.05, 4.69) is 25.1 Å². The molecular weight excluding hydrogens is 238 g/mol. The number of phenols is 1. The first-order valence-corrected chi connectivity index (χ1v) is 7.08. The Morgan fingerprint density at radius 3 is 2.79 bits per heavy atom. The highest BCUT2D eigenvalue weighted by molar-refractivity contribution is 5.32. The van der Waals surface area contributed by atoms with Gasteiger partial charge in [0.1, 0.15) is 5.75 Å². The number of rotatable bonds is 4. The van der Waals surface area contributed by atoms with Gasteiger partial charge in [-0.2, -0.15) is 0 Å². The minimum Gasteiger partial charge on any atom is -0.508 e. The highest BCUT2D eigenvalue weighted by Crippen LogP contribution is 2.45. The van der Waals surface area contributed by atoms with Crippen molar-refractivity contribution in [3.05, 3.63) is 29.8 Å². The molecule has 3 heteroatoms. The summed E-state index contributed by atoms with van der Waals surface area (Å²) in [7, 11) is 6.02. The van der Waals surface area contributed by atoms with Crippen LogP contribution >= 0.6 is 0 Å². The van der Waals surface area contributed by atoms with E-state index in [4.69, 9.17) is 4.74 Å². The summed E-state index contributed by atoms with van der Waals surface area (Å²) >= 11 is 0. The third-order valence-corrected chi connectivity index (χ3v) is 4.29. The van der Waals surface area contributed by atoms with E-state index in [1.807, 2.05) is 12.1 Å². The molecule has 0 heterocycles. The highest BCUT2D eigenvalue weighted by Gasteiger charge is 2.42. The maximum absolute atomic E-state index is 9.76. The van der Waals surface area contributed by atoms with Crippen molar-refractivity contribution in [2.24, 2.45) is 5.92 Å². The second-order valence-corrected chi connectivity index (χ2v) is 5.85. The molecule has 1 aliphatic carbocycles. The van der Waals surface area contributed by atoms with E-state index in [0.29, 0.717) is 11.7 Å². The SMILES string of the molecule is CO[C@@]1(c2cccc(O)c2)CCCC[C@H]1CN(C)C. The summed E-state index contributed by atoms with van der Waals surface area (Å²) in [6.07, 6.45) is 4.67. The summed E-state index contributed by atoms with van der Waals surface area (Å²) in [6, 6.07) is 7.57. The van der Waals surface area contributed by atoms with Crippen LogP contribution in [-0.4, -0.2) is 37.8 Å². The highest BCUT2D eigenvalue weighted by atomic mass is 16.5. The van der Waals surface area contributed by atoms with Gasteiger partial charge in [0, 0.05) is 19.6 Å². The number of hydrogen-bond acceptors (Lipinski definition) is 3. The fourth-order valence-corrected chi connectivity index (χ4v) is 3.43. The molecule has 106 valence electrons. The average molecular weight is 263 g/mol. The number of benzene rings is 1. The zero-order chi connectivity index (χ0) is 13.9. The number of methoxy groups -OCH3 is 1. The molecule has 0 unspecified atom stereocenters. The van der Waals surface area contributed by atoms with E-state index in [-0.39, 0.29) is 5.60 Å². The van der Waals surface area contributed by atoms with Crippen molar-refractivity contribution < 1.29 is 9.84 Å². The monoisotopic (exact) mass is 263 g/mol. The molecule has 0 spiro atoms. The van der Waals surface area contributed by atoms with Crippen molar-refractivity contribution in [3.8, 4) is 5.75 Å². The van der Waals surface area contributed by atoms with E-state index in [1.54, 1.807) is 13.2 Å². The molecular formula is C16H25NO2. The summed E-state index contributed by atoms with van der Waals surface area (Å²) in [6.45, 7) is 1.02. The Morgan fingerprint density at radius 2 is 2.16 bits per heavy atom. The average Bonchev–Trinajstić information content (AvgIpc) is 2.39. The fourth-order valence-electron chi connectivity index (χ4n) is 3.43. The molecule has 1 fully saturated rings. The van der Waals surface area contributed by atoms with Gasteiger partial charge in [0.2, 0.25) is 0 Å².